The molecule has 2 unspecified atom stereocenters. The van der Waals surface area contributed by atoms with E-state index in [-0.39, 0.29) is 0 Å². The molecule has 0 amide bonds. The molecule has 0 aromatic rings. The highest BCUT2D eigenvalue weighted by molar-refractivity contribution is 4.96. The van der Waals surface area contributed by atoms with Crippen molar-refractivity contribution in [2.45, 2.75) is 25.0 Å². The zero-order chi connectivity index (χ0) is 10.1. The standard InChI is InChI=1S/C6H11NO.C5H9NO/c1-2-6-4-7-3-5(1)8-6;1-5(2-6-1)3-7-4-5/h5-7H,1-4H2;6H,1-4H2. The van der Waals surface area contributed by atoms with Crippen molar-refractivity contribution in [3.05, 3.63) is 0 Å². The second-order valence-corrected chi connectivity index (χ2v) is 5.21. The lowest BCUT2D eigenvalue weighted by molar-refractivity contribution is -0.139. The Morgan fingerprint density at radius 3 is 1.87 bits per heavy atom. The van der Waals surface area contributed by atoms with Crippen LogP contribution in [0.3, 0.4) is 0 Å². The van der Waals surface area contributed by atoms with Crippen molar-refractivity contribution in [1.29, 1.82) is 0 Å². The minimum absolute atomic E-state index is 0.550. The Hall–Kier alpha value is -0.160. The summed E-state index contributed by atoms with van der Waals surface area (Å²) in [5.41, 5.74) is 0.611. The first-order valence-electron chi connectivity index (χ1n) is 6.01. The summed E-state index contributed by atoms with van der Waals surface area (Å²) >= 11 is 0. The molecular formula is C11H20N2O2. The predicted octanol–water partition coefficient (Wildman–Crippen LogP) is -0.257. The van der Waals surface area contributed by atoms with Crippen molar-refractivity contribution in [1.82, 2.24) is 10.6 Å². The Morgan fingerprint density at radius 1 is 0.933 bits per heavy atom. The fourth-order valence-electron chi connectivity index (χ4n) is 2.56. The Kier molecular flexibility index (Phi) is 2.68. The molecule has 4 fully saturated rings. The summed E-state index contributed by atoms with van der Waals surface area (Å²) in [6.07, 6.45) is 3.65. The molecule has 0 aromatic heterocycles. The first-order chi connectivity index (χ1) is 7.36. The van der Waals surface area contributed by atoms with Crippen LogP contribution in [0.2, 0.25) is 0 Å². The number of nitrogens with one attached hydrogen (secondary N) is 2. The lowest BCUT2D eigenvalue weighted by Gasteiger charge is -2.48. The monoisotopic (exact) mass is 212 g/mol. The molecule has 4 nitrogen and oxygen atoms in total. The third kappa shape index (κ3) is 2.04. The van der Waals surface area contributed by atoms with Crippen molar-refractivity contribution in [2.75, 3.05) is 39.4 Å². The average molecular weight is 212 g/mol. The quantitative estimate of drug-likeness (QED) is 0.581. The van der Waals surface area contributed by atoms with Crippen molar-refractivity contribution < 1.29 is 9.47 Å². The van der Waals surface area contributed by atoms with Crippen LogP contribution in [-0.4, -0.2) is 51.6 Å². The molecule has 86 valence electrons. The highest BCUT2D eigenvalue weighted by Crippen LogP contribution is 2.30. The minimum Gasteiger partial charge on any atom is -0.380 e. The number of fused-ring (bicyclic) bond motifs is 2. The van der Waals surface area contributed by atoms with Gasteiger partial charge in [0.1, 0.15) is 0 Å². The van der Waals surface area contributed by atoms with Gasteiger partial charge in [-0.2, -0.15) is 0 Å². The molecule has 4 aliphatic heterocycles. The van der Waals surface area contributed by atoms with E-state index in [1.54, 1.807) is 0 Å². The van der Waals surface area contributed by atoms with E-state index in [2.05, 4.69) is 10.6 Å². The minimum atomic E-state index is 0.550. The van der Waals surface area contributed by atoms with Gasteiger partial charge in [0.25, 0.3) is 0 Å². The maximum atomic E-state index is 5.53. The molecule has 0 aromatic carbocycles. The largest absolute Gasteiger partial charge is 0.380 e. The molecule has 15 heavy (non-hydrogen) atoms. The van der Waals surface area contributed by atoms with E-state index in [4.69, 9.17) is 9.47 Å². The summed E-state index contributed by atoms with van der Waals surface area (Å²) in [5, 5.41) is 6.55. The van der Waals surface area contributed by atoms with Crippen LogP contribution in [0.25, 0.3) is 0 Å². The van der Waals surface area contributed by atoms with Crippen LogP contribution in [0.15, 0.2) is 0 Å². The lowest BCUT2D eigenvalue weighted by Crippen LogP contribution is -2.64. The highest BCUT2D eigenvalue weighted by Gasteiger charge is 2.43. The predicted molar refractivity (Wildman–Crippen MR) is 56.9 cm³/mol. The Morgan fingerprint density at radius 2 is 1.60 bits per heavy atom. The lowest BCUT2D eigenvalue weighted by atomic mass is 9.80. The Bertz CT molecular complexity index is 197. The first-order valence-corrected chi connectivity index (χ1v) is 6.01. The van der Waals surface area contributed by atoms with E-state index in [0.29, 0.717) is 17.6 Å². The summed E-state index contributed by atoms with van der Waals surface area (Å²) in [6, 6.07) is 0. The van der Waals surface area contributed by atoms with Gasteiger partial charge in [-0.3, -0.25) is 0 Å². The van der Waals surface area contributed by atoms with Crippen LogP contribution in [0.1, 0.15) is 12.8 Å². The van der Waals surface area contributed by atoms with E-state index in [1.807, 2.05) is 0 Å². The van der Waals surface area contributed by atoms with E-state index >= 15 is 0 Å². The number of hydrogen-bond donors (Lipinski definition) is 2. The molecule has 2 bridgehead atoms. The molecule has 4 aliphatic rings. The van der Waals surface area contributed by atoms with Gasteiger partial charge in [-0.05, 0) is 12.8 Å². The third-order valence-corrected chi connectivity index (χ3v) is 3.76. The van der Waals surface area contributed by atoms with Gasteiger partial charge in [-0.15, -0.1) is 0 Å². The van der Waals surface area contributed by atoms with Gasteiger partial charge in [0.05, 0.1) is 25.4 Å². The summed E-state index contributed by atoms with van der Waals surface area (Å²) in [6.45, 7) is 6.53. The van der Waals surface area contributed by atoms with E-state index in [1.165, 1.54) is 25.9 Å². The van der Waals surface area contributed by atoms with Gasteiger partial charge in [0.15, 0.2) is 0 Å². The van der Waals surface area contributed by atoms with Gasteiger partial charge in [-0.25, -0.2) is 0 Å². The number of rotatable bonds is 0. The molecule has 0 aliphatic carbocycles. The second kappa shape index (κ2) is 4.01. The fourth-order valence-corrected chi connectivity index (χ4v) is 2.56. The van der Waals surface area contributed by atoms with E-state index in [0.717, 1.165) is 26.3 Å². The van der Waals surface area contributed by atoms with Crippen LogP contribution in [-0.2, 0) is 9.47 Å². The van der Waals surface area contributed by atoms with Crippen LogP contribution in [0.5, 0.6) is 0 Å². The molecule has 4 saturated heterocycles. The molecule has 2 atom stereocenters. The normalized spacial score (nSPS) is 40.0. The van der Waals surface area contributed by atoms with Crippen molar-refractivity contribution in [3.63, 3.8) is 0 Å². The van der Waals surface area contributed by atoms with E-state index in [9.17, 15) is 0 Å². The smallest absolute Gasteiger partial charge is 0.0704 e. The maximum Gasteiger partial charge on any atom is 0.0704 e. The summed E-state index contributed by atoms with van der Waals surface area (Å²) in [4.78, 5) is 0. The Balaban J connectivity index is 0.0000000971. The van der Waals surface area contributed by atoms with Gasteiger partial charge in [-0.1, -0.05) is 0 Å². The second-order valence-electron chi connectivity index (χ2n) is 5.21. The van der Waals surface area contributed by atoms with Gasteiger partial charge in [0.2, 0.25) is 0 Å². The Labute approximate surface area is 90.7 Å². The van der Waals surface area contributed by atoms with Crippen LogP contribution in [0.4, 0.5) is 0 Å². The number of hydrogen-bond acceptors (Lipinski definition) is 4. The van der Waals surface area contributed by atoms with Crippen molar-refractivity contribution in [2.24, 2.45) is 5.41 Å². The van der Waals surface area contributed by atoms with Crippen molar-refractivity contribution >= 4 is 0 Å². The summed E-state index contributed by atoms with van der Waals surface area (Å²) in [7, 11) is 0. The van der Waals surface area contributed by atoms with Crippen LogP contribution in [0, 0.1) is 5.41 Å². The molecular weight excluding hydrogens is 192 g/mol. The molecule has 4 heterocycles. The maximum absolute atomic E-state index is 5.53. The highest BCUT2D eigenvalue weighted by atomic mass is 16.5. The van der Waals surface area contributed by atoms with Crippen LogP contribution >= 0.6 is 0 Å². The summed E-state index contributed by atoms with van der Waals surface area (Å²) < 4.78 is 10.6. The molecule has 0 saturated carbocycles. The van der Waals surface area contributed by atoms with Crippen molar-refractivity contribution in [3.8, 4) is 0 Å². The average Bonchev–Trinajstić information content (AvgIpc) is 2.42. The molecule has 0 radical (unpaired) electrons. The van der Waals surface area contributed by atoms with E-state index < -0.39 is 0 Å². The first kappa shape index (κ1) is 10.0. The zero-order valence-electron chi connectivity index (χ0n) is 9.13. The molecule has 1 spiro atoms. The topological polar surface area (TPSA) is 42.5 Å². The zero-order valence-corrected chi connectivity index (χ0v) is 9.13. The molecule has 4 rings (SSSR count). The van der Waals surface area contributed by atoms with Gasteiger partial charge >= 0.3 is 0 Å². The molecule has 4 heteroatoms. The molecule has 2 N–H and O–H groups in total. The number of ether oxygens (including phenoxy) is 2. The van der Waals surface area contributed by atoms with Gasteiger partial charge in [0, 0.05) is 31.6 Å². The fraction of sp³-hybridized carbons (Fsp3) is 1.00. The van der Waals surface area contributed by atoms with Crippen LogP contribution < -0.4 is 10.6 Å². The SMILES string of the molecule is C1CC2CNCC1O2.C1NCC12COC2. The van der Waals surface area contributed by atoms with Gasteiger partial charge < -0.3 is 20.1 Å². The summed E-state index contributed by atoms with van der Waals surface area (Å²) in [5.74, 6) is 0. The third-order valence-electron chi connectivity index (χ3n) is 3.76. The number of morpholine rings is 1.